The monoisotopic (exact) mass is 353 g/mol. The molecule has 1 heterocycles. The fourth-order valence-electron chi connectivity index (χ4n) is 4.96. The maximum atomic E-state index is 5.22. The molecule has 2 atom stereocenters. The summed E-state index contributed by atoms with van der Waals surface area (Å²) in [4.78, 5) is 5.22. The summed E-state index contributed by atoms with van der Waals surface area (Å²) in [5.74, 6) is 1.38. The third-order valence-electron chi connectivity index (χ3n) is 6.42. The Morgan fingerprint density at radius 3 is 2.33 bits per heavy atom. The second-order valence-corrected chi connectivity index (χ2v) is 9.26. The zero-order valence-corrected chi connectivity index (χ0v) is 16.5. The Balaban J connectivity index is 1.71. The van der Waals surface area contributed by atoms with Crippen LogP contribution < -0.4 is 0 Å². The number of nitrogens with zero attached hydrogens (tertiary/aromatic N) is 1. The van der Waals surface area contributed by atoms with Crippen LogP contribution >= 0.6 is 0 Å². The van der Waals surface area contributed by atoms with Gasteiger partial charge in [0.2, 0.25) is 0 Å². The van der Waals surface area contributed by atoms with Crippen molar-refractivity contribution in [2.45, 2.75) is 57.3 Å². The highest BCUT2D eigenvalue weighted by molar-refractivity contribution is 5.76. The minimum absolute atomic E-state index is 0.147. The molecule has 1 aromatic heterocycles. The van der Waals surface area contributed by atoms with Crippen molar-refractivity contribution in [3.63, 3.8) is 0 Å². The molecule has 2 aliphatic rings. The lowest BCUT2D eigenvalue weighted by Gasteiger charge is -2.22. The Labute approximate surface area is 162 Å². The van der Waals surface area contributed by atoms with Gasteiger partial charge in [0.25, 0.3) is 0 Å². The van der Waals surface area contributed by atoms with Gasteiger partial charge in [0.15, 0.2) is 0 Å². The lowest BCUT2D eigenvalue weighted by Crippen LogP contribution is -2.11. The van der Waals surface area contributed by atoms with Crippen molar-refractivity contribution in [3.8, 4) is 22.4 Å². The highest BCUT2D eigenvalue weighted by Gasteiger charge is 2.40. The van der Waals surface area contributed by atoms with Crippen LogP contribution in [0.1, 0.15) is 68.7 Å². The lowest BCUT2D eigenvalue weighted by molar-refractivity contribution is 0.590. The average Bonchev–Trinajstić information content (AvgIpc) is 3.30. The van der Waals surface area contributed by atoms with Crippen molar-refractivity contribution < 1.29 is 0 Å². The van der Waals surface area contributed by atoms with Crippen LogP contribution in [0.3, 0.4) is 0 Å². The molecule has 0 saturated heterocycles. The van der Waals surface area contributed by atoms with E-state index >= 15 is 0 Å². The molecule has 3 aromatic rings. The zero-order valence-electron chi connectivity index (χ0n) is 16.5. The summed E-state index contributed by atoms with van der Waals surface area (Å²) in [6.07, 6.45) is 3.94. The van der Waals surface area contributed by atoms with E-state index in [0.29, 0.717) is 11.8 Å². The smallest absolute Gasteiger partial charge is 0.0711 e. The van der Waals surface area contributed by atoms with Crippen molar-refractivity contribution in [1.82, 2.24) is 4.98 Å². The van der Waals surface area contributed by atoms with Gasteiger partial charge in [-0.25, -0.2) is 0 Å². The Hall–Kier alpha value is -2.41. The maximum Gasteiger partial charge on any atom is 0.0711 e. The molecular formula is C26H27N. The van der Waals surface area contributed by atoms with E-state index in [1.165, 1.54) is 52.8 Å². The minimum Gasteiger partial charge on any atom is -0.252 e. The lowest BCUT2D eigenvalue weighted by atomic mass is 9.85. The molecule has 0 N–H and O–H groups in total. The molecule has 0 aliphatic heterocycles. The van der Waals surface area contributed by atoms with Crippen LogP contribution in [-0.4, -0.2) is 4.98 Å². The molecule has 136 valence electrons. The third-order valence-corrected chi connectivity index (χ3v) is 6.42. The largest absolute Gasteiger partial charge is 0.252 e. The predicted octanol–water partition coefficient (Wildman–Crippen LogP) is 7.08. The highest BCUT2D eigenvalue weighted by atomic mass is 14.8. The van der Waals surface area contributed by atoms with E-state index in [-0.39, 0.29) is 5.41 Å². The van der Waals surface area contributed by atoms with Crippen LogP contribution in [-0.2, 0) is 5.41 Å². The number of rotatable bonds is 2. The summed E-state index contributed by atoms with van der Waals surface area (Å²) in [5.41, 5.74) is 9.54. The second kappa shape index (κ2) is 6.05. The van der Waals surface area contributed by atoms with E-state index in [1.807, 2.05) is 0 Å². The van der Waals surface area contributed by atoms with Crippen molar-refractivity contribution in [1.29, 1.82) is 0 Å². The summed E-state index contributed by atoms with van der Waals surface area (Å²) in [6, 6.07) is 22.2. The molecule has 1 saturated carbocycles. The van der Waals surface area contributed by atoms with Gasteiger partial charge in [-0.2, -0.15) is 0 Å². The first-order valence-electron chi connectivity index (χ1n) is 10.2. The average molecular weight is 354 g/mol. The Bertz CT molecular complexity index is 994. The number of hydrogen-bond donors (Lipinski definition) is 0. The standard InChI is InChI=1S/C26H27N/c1-26(2,3)21-11-7-10-18(15-21)23-16-22(17-8-5-4-6-9-17)24-19-12-13-20(14-19)25(24)27-23/h4-11,15-16,19-20H,12-14H2,1-3H3. The van der Waals surface area contributed by atoms with Crippen LogP contribution in [0, 0.1) is 0 Å². The minimum atomic E-state index is 0.147. The molecule has 2 aromatic carbocycles. The summed E-state index contributed by atoms with van der Waals surface area (Å²) in [6.45, 7) is 6.82. The van der Waals surface area contributed by atoms with Gasteiger partial charge in [0, 0.05) is 17.2 Å². The summed E-state index contributed by atoms with van der Waals surface area (Å²) in [5, 5.41) is 0. The van der Waals surface area contributed by atoms with Crippen LogP contribution in [0.4, 0.5) is 0 Å². The first-order chi connectivity index (χ1) is 13.0. The van der Waals surface area contributed by atoms with Crippen molar-refractivity contribution in [2.24, 2.45) is 0 Å². The SMILES string of the molecule is CC(C)(C)c1cccc(-c2cc(-c3ccccc3)c3c(n2)C2CCC3C2)c1. The Morgan fingerprint density at radius 2 is 1.56 bits per heavy atom. The number of aromatic nitrogens is 1. The van der Waals surface area contributed by atoms with Crippen molar-refractivity contribution in [3.05, 3.63) is 77.5 Å². The number of hydrogen-bond acceptors (Lipinski definition) is 1. The molecule has 2 bridgehead atoms. The molecule has 1 heteroatoms. The zero-order chi connectivity index (χ0) is 18.6. The quantitative estimate of drug-likeness (QED) is 0.480. The van der Waals surface area contributed by atoms with E-state index in [9.17, 15) is 0 Å². The van der Waals surface area contributed by atoms with E-state index in [1.54, 1.807) is 0 Å². The fourth-order valence-corrected chi connectivity index (χ4v) is 4.96. The van der Waals surface area contributed by atoms with Gasteiger partial charge in [0.1, 0.15) is 0 Å². The molecule has 2 aliphatic carbocycles. The van der Waals surface area contributed by atoms with E-state index in [2.05, 4.69) is 81.4 Å². The van der Waals surface area contributed by atoms with Gasteiger partial charge < -0.3 is 0 Å². The molecule has 2 unspecified atom stereocenters. The number of benzene rings is 2. The summed E-state index contributed by atoms with van der Waals surface area (Å²) in [7, 11) is 0. The van der Waals surface area contributed by atoms with Gasteiger partial charge >= 0.3 is 0 Å². The Morgan fingerprint density at radius 1 is 0.815 bits per heavy atom. The van der Waals surface area contributed by atoms with Crippen LogP contribution in [0.25, 0.3) is 22.4 Å². The Kier molecular flexibility index (Phi) is 3.75. The molecular weight excluding hydrogens is 326 g/mol. The molecule has 5 rings (SSSR count). The van der Waals surface area contributed by atoms with E-state index in [0.717, 1.165) is 5.69 Å². The molecule has 27 heavy (non-hydrogen) atoms. The normalized spacial score (nSPS) is 20.7. The van der Waals surface area contributed by atoms with Crippen LogP contribution in [0.15, 0.2) is 60.7 Å². The second-order valence-electron chi connectivity index (χ2n) is 9.26. The highest BCUT2D eigenvalue weighted by Crippen LogP contribution is 2.55. The summed E-state index contributed by atoms with van der Waals surface area (Å²) < 4.78 is 0. The van der Waals surface area contributed by atoms with Gasteiger partial charge in [-0.15, -0.1) is 0 Å². The number of pyridine rings is 1. The summed E-state index contributed by atoms with van der Waals surface area (Å²) >= 11 is 0. The van der Waals surface area contributed by atoms with Crippen molar-refractivity contribution >= 4 is 0 Å². The van der Waals surface area contributed by atoms with E-state index in [4.69, 9.17) is 4.98 Å². The van der Waals surface area contributed by atoms with Crippen molar-refractivity contribution in [2.75, 3.05) is 0 Å². The maximum absolute atomic E-state index is 5.22. The molecule has 1 fully saturated rings. The fraction of sp³-hybridized carbons (Fsp3) is 0.346. The van der Waals surface area contributed by atoms with Crippen LogP contribution in [0.5, 0.6) is 0 Å². The predicted molar refractivity (Wildman–Crippen MR) is 113 cm³/mol. The molecule has 0 amide bonds. The first kappa shape index (κ1) is 16.7. The molecule has 1 nitrogen and oxygen atoms in total. The first-order valence-corrected chi connectivity index (χ1v) is 10.2. The van der Waals surface area contributed by atoms with E-state index < -0.39 is 0 Å². The van der Waals surface area contributed by atoms with Gasteiger partial charge in [-0.05, 0) is 65.0 Å². The van der Waals surface area contributed by atoms with Crippen LogP contribution in [0.2, 0.25) is 0 Å². The molecule has 0 spiro atoms. The van der Waals surface area contributed by atoms with Gasteiger partial charge in [0.05, 0.1) is 5.69 Å². The van der Waals surface area contributed by atoms with Gasteiger partial charge in [-0.3, -0.25) is 4.98 Å². The third kappa shape index (κ3) is 2.81. The van der Waals surface area contributed by atoms with Gasteiger partial charge in [-0.1, -0.05) is 69.3 Å². The molecule has 0 radical (unpaired) electrons. The topological polar surface area (TPSA) is 12.9 Å². The number of fused-ring (bicyclic) bond motifs is 5.